The molecule has 1 atom stereocenters. The van der Waals surface area contributed by atoms with Crippen LogP contribution in [0.2, 0.25) is 0 Å². The van der Waals surface area contributed by atoms with E-state index in [1.54, 1.807) is 30.3 Å². The minimum atomic E-state index is -3.58. The number of hydrogen-bond donors (Lipinski definition) is 1. The Morgan fingerprint density at radius 2 is 1.69 bits per heavy atom. The summed E-state index contributed by atoms with van der Waals surface area (Å²) in [7, 11) is -2.19. The first-order chi connectivity index (χ1) is 14.0. The lowest BCUT2D eigenvalue weighted by Crippen LogP contribution is -2.28. The van der Waals surface area contributed by atoms with Crippen LogP contribution in [0.5, 0.6) is 0 Å². The van der Waals surface area contributed by atoms with Gasteiger partial charge in [0.05, 0.1) is 12.0 Å². The lowest BCUT2D eigenvalue weighted by atomic mass is 9.99. The Morgan fingerprint density at radius 1 is 1.00 bits per heavy atom. The first-order valence-corrected chi connectivity index (χ1v) is 11.7. The van der Waals surface area contributed by atoms with Gasteiger partial charge in [0, 0.05) is 12.5 Å². The lowest BCUT2D eigenvalue weighted by molar-refractivity contribution is -0.140. The third-order valence-corrected chi connectivity index (χ3v) is 6.39. The molecule has 0 amide bonds. The standard InChI is InChI=1S/C23H31NO4S/c1-3-4-6-13-22(24-29(26,27)21-11-7-5-8-12-21)20-17-15-19(16-18-20)10-9-14-23(25)28-2/h5,7-8,11-12,15-18,22,24H,3-4,6,9-10,13-14H2,1-2H3. The Labute approximate surface area is 174 Å². The van der Waals surface area contributed by atoms with Crippen molar-refractivity contribution in [1.29, 1.82) is 0 Å². The summed E-state index contributed by atoms with van der Waals surface area (Å²) >= 11 is 0. The van der Waals surface area contributed by atoms with Gasteiger partial charge in [-0.2, -0.15) is 0 Å². The van der Waals surface area contributed by atoms with Crippen LogP contribution < -0.4 is 4.72 Å². The molecule has 1 unspecified atom stereocenters. The maximum absolute atomic E-state index is 12.8. The first-order valence-electron chi connectivity index (χ1n) is 10.2. The van der Waals surface area contributed by atoms with Gasteiger partial charge in [0.2, 0.25) is 10.0 Å². The van der Waals surface area contributed by atoms with Crippen molar-refractivity contribution < 1.29 is 17.9 Å². The fourth-order valence-corrected chi connectivity index (χ4v) is 4.48. The van der Waals surface area contributed by atoms with Gasteiger partial charge in [-0.3, -0.25) is 4.79 Å². The second-order valence-corrected chi connectivity index (χ2v) is 8.87. The first kappa shape index (κ1) is 23.1. The molecule has 2 aromatic rings. The maximum atomic E-state index is 12.8. The molecule has 6 heteroatoms. The molecule has 0 bridgehead atoms. The molecule has 0 saturated carbocycles. The Morgan fingerprint density at radius 3 is 2.31 bits per heavy atom. The van der Waals surface area contributed by atoms with Crippen LogP contribution in [-0.2, 0) is 26.0 Å². The molecular formula is C23H31NO4S. The van der Waals surface area contributed by atoms with Gasteiger partial charge in [-0.1, -0.05) is 68.7 Å². The van der Waals surface area contributed by atoms with Gasteiger partial charge in [-0.05, 0) is 42.5 Å². The molecule has 0 aliphatic rings. The number of methoxy groups -OCH3 is 1. The van der Waals surface area contributed by atoms with Gasteiger partial charge in [0.15, 0.2) is 0 Å². The number of ether oxygens (including phenoxy) is 1. The summed E-state index contributed by atoms with van der Waals surface area (Å²) in [5.74, 6) is -0.201. The van der Waals surface area contributed by atoms with E-state index < -0.39 is 10.0 Å². The van der Waals surface area contributed by atoms with Crippen LogP contribution in [0.25, 0.3) is 0 Å². The number of aryl methyl sites for hydroxylation is 1. The van der Waals surface area contributed by atoms with Gasteiger partial charge in [-0.15, -0.1) is 0 Å². The van der Waals surface area contributed by atoms with E-state index in [2.05, 4.69) is 16.4 Å². The normalized spacial score (nSPS) is 12.5. The molecule has 0 spiro atoms. The average molecular weight is 418 g/mol. The fraction of sp³-hybridized carbons (Fsp3) is 0.435. The molecule has 2 aromatic carbocycles. The van der Waals surface area contributed by atoms with Crippen molar-refractivity contribution >= 4 is 16.0 Å². The zero-order valence-corrected chi connectivity index (χ0v) is 18.1. The van der Waals surface area contributed by atoms with Crippen LogP contribution in [0.1, 0.15) is 62.6 Å². The van der Waals surface area contributed by atoms with Gasteiger partial charge in [0.25, 0.3) is 0 Å². The van der Waals surface area contributed by atoms with Crippen molar-refractivity contribution in [3.05, 3.63) is 65.7 Å². The Balaban J connectivity index is 2.09. The highest BCUT2D eigenvalue weighted by atomic mass is 32.2. The van der Waals surface area contributed by atoms with Crippen LogP contribution in [0.3, 0.4) is 0 Å². The number of sulfonamides is 1. The minimum absolute atomic E-state index is 0.201. The summed E-state index contributed by atoms with van der Waals surface area (Å²) in [5, 5.41) is 0. The highest BCUT2D eigenvalue weighted by Gasteiger charge is 2.21. The summed E-state index contributed by atoms with van der Waals surface area (Å²) in [5.41, 5.74) is 2.08. The van der Waals surface area contributed by atoms with Crippen molar-refractivity contribution in [1.82, 2.24) is 4.72 Å². The Kier molecular flexibility index (Phi) is 9.35. The van der Waals surface area contributed by atoms with Gasteiger partial charge >= 0.3 is 5.97 Å². The van der Waals surface area contributed by atoms with E-state index in [1.807, 2.05) is 24.3 Å². The third kappa shape index (κ3) is 7.63. The lowest BCUT2D eigenvalue weighted by Gasteiger charge is -2.20. The van der Waals surface area contributed by atoms with Gasteiger partial charge in [0.1, 0.15) is 0 Å². The summed E-state index contributed by atoms with van der Waals surface area (Å²) in [6.45, 7) is 2.13. The molecule has 5 nitrogen and oxygen atoms in total. The molecule has 29 heavy (non-hydrogen) atoms. The monoisotopic (exact) mass is 417 g/mol. The number of nitrogens with one attached hydrogen (secondary N) is 1. The van der Waals surface area contributed by atoms with Crippen molar-refractivity contribution in [3.63, 3.8) is 0 Å². The second-order valence-electron chi connectivity index (χ2n) is 7.15. The minimum Gasteiger partial charge on any atom is -0.469 e. The molecule has 0 fully saturated rings. The molecule has 0 aromatic heterocycles. The van der Waals surface area contributed by atoms with Gasteiger partial charge < -0.3 is 4.74 Å². The Bertz CT molecular complexity index is 848. The van der Waals surface area contributed by atoms with Crippen molar-refractivity contribution in [2.45, 2.75) is 62.8 Å². The van der Waals surface area contributed by atoms with Crippen LogP contribution >= 0.6 is 0 Å². The SMILES string of the molecule is CCCCCC(NS(=O)(=O)c1ccccc1)c1ccc(CCCC(=O)OC)cc1. The molecule has 2 rings (SSSR count). The summed E-state index contributed by atoms with van der Waals surface area (Å²) in [6.07, 6.45) is 5.76. The predicted molar refractivity (Wildman–Crippen MR) is 115 cm³/mol. The highest BCUT2D eigenvalue weighted by Crippen LogP contribution is 2.24. The van der Waals surface area contributed by atoms with Crippen molar-refractivity contribution in [2.24, 2.45) is 0 Å². The van der Waals surface area contributed by atoms with Gasteiger partial charge in [-0.25, -0.2) is 13.1 Å². The van der Waals surface area contributed by atoms with Crippen LogP contribution in [0.15, 0.2) is 59.5 Å². The van der Waals surface area contributed by atoms with E-state index >= 15 is 0 Å². The number of hydrogen-bond acceptors (Lipinski definition) is 4. The van der Waals surface area contributed by atoms with Crippen LogP contribution in [0, 0.1) is 0 Å². The van der Waals surface area contributed by atoms with E-state index in [1.165, 1.54) is 7.11 Å². The number of unbranched alkanes of at least 4 members (excludes halogenated alkanes) is 2. The summed E-state index contributed by atoms with van der Waals surface area (Å²) in [4.78, 5) is 11.5. The number of carbonyl (C=O) groups is 1. The Hall–Kier alpha value is -2.18. The largest absolute Gasteiger partial charge is 0.469 e. The van der Waals surface area contributed by atoms with E-state index in [9.17, 15) is 13.2 Å². The molecule has 1 N–H and O–H groups in total. The van der Waals surface area contributed by atoms with Crippen molar-refractivity contribution in [2.75, 3.05) is 7.11 Å². The topological polar surface area (TPSA) is 72.5 Å². The number of esters is 1. The second kappa shape index (κ2) is 11.7. The summed E-state index contributed by atoms with van der Waals surface area (Å²) in [6, 6.07) is 16.2. The van der Waals surface area contributed by atoms with E-state index in [0.717, 1.165) is 49.7 Å². The number of benzene rings is 2. The van der Waals surface area contributed by atoms with Crippen LogP contribution in [-0.4, -0.2) is 21.5 Å². The molecule has 158 valence electrons. The van der Waals surface area contributed by atoms with E-state index in [-0.39, 0.29) is 16.9 Å². The molecule has 0 saturated heterocycles. The van der Waals surface area contributed by atoms with E-state index in [4.69, 9.17) is 0 Å². The fourth-order valence-electron chi connectivity index (χ4n) is 3.20. The molecule has 0 aliphatic heterocycles. The number of carbonyl (C=O) groups excluding carboxylic acids is 1. The molecule has 0 radical (unpaired) electrons. The zero-order chi connectivity index (χ0) is 21.1. The van der Waals surface area contributed by atoms with E-state index in [0.29, 0.717) is 6.42 Å². The van der Waals surface area contributed by atoms with Crippen LogP contribution in [0.4, 0.5) is 0 Å². The highest BCUT2D eigenvalue weighted by molar-refractivity contribution is 7.89. The maximum Gasteiger partial charge on any atom is 0.305 e. The molecular weight excluding hydrogens is 386 g/mol. The third-order valence-electron chi connectivity index (χ3n) is 4.90. The smallest absolute Gasteiger partial charge is 0.305 e. The quantitative estimate of drug-likeness (QED) is 0.398. The molecule has 0 aliphatic carbocycles. The predicted octanol–water partition coefficient (Wildman–Crippen LogP) is 4.78. The van der Waals surface area contributed by atoms with Crippen molar-refractivity contribution in [3.8, 4) is 0 Å². The average Bonchev–Trinajstić information content (AvgIpc) is 2.74. The zero-order valence-electron chi connectivity index (χ0n) is 17.3. The summed E-state index contributed by atoms with van der Waals surface area (Å²) < 4.78 is 33.1. The number of rotatable bonds is 12. The molecule has 0 heterocycles.